The molecule has 0 amide bonds. The van der Waals surface area contributed by atoms with Gasteiger partial charge in [0.25, 0.3) is 0 Å². The van der Waals surface area contributed by atoms with E-state index in [1.165, 1.54) is 17.8 Å². The zero-order valence-electron chi connectivity index (χ0n) is 13.0. The average Bonchev–Trinajstić information content (AvgIpc) is 3.03. The van der Waals surface area contributed by atoms with Crippen LogP contribution < -0.4 is 0 Å². The lowest BCUT2D eigenvalue weighted by atomic mass is 9.88. The molecule has 1 N–H and O–H groups in total. The zero-order chi connectivity index (χ0) is 16.2. The van der Waals surface area contributed by atoms with Crippen LogP contribution in [0.4, 0.5) is 4.39 Å². The fraction of sp³-hybridized carbons (Fsp3) is 0.222. The first-order valence-electron chi connectivity index (χ1n) is 7.51. The summed E-state index contributed by atoms with van der Waals surface area (Å²) in [6.07, 6.45) is 7.24. The Bertz CT molecular complexity index is 771. The van der Waals surface area contributed by atoms with Gasteiger partial charge in [0.05, 0.1) is 0 Å². The number of H-pyrrole nitrogens is 1. The molecule has 118 valence electrons. The van der Waals surface area contributed by atoms with Crippen LogP contribution in [0.15, 0.2) is 64.9 Å². The summed E-state index contributed by atoms with van der Waals surface area (Å²) in [6.45, 7) is 4.34. The molecular formula is C18H18FN3S. The van der Waals surface area contributed by atoms with Crippen molar-refractivity contribution in [3.05, 3.63) is 72.3 Å². The van der Waals surface area contributed by atoms with E-state index in [0.717, 1.165) is 21.2 Å². The standard InChI is InChI=1S/C18H18FN3S/c1-12(2)17(18-21-8-9-22-18)15-6-7-20-11-16(15)23-14-5-3-4-13(19)10-14/h3-12,17H,1-2H3,(H,21,22). The largest absolute Gasteiger partial charge is 0.348 e. The van der Waals surface area contributed by atoms with Gasteiger partial charge < -0.3 is 4.98 Å². The number of aromatic amines is 1. The van der Waals surface area contributed by atoms with E-state index in [1.54, 1.807) is 24.5 Å². The lowest BCUT2D eigenvalue weighted by molar-refractivity contribution is 0.535. The molecule has 23 heavy (non-hydrogen) atoms. The van der Waals surface area contributed by atoms with Crippen LogP contribution in [0.1, 0.15) is 31.2 Å². The van der Waals surface area contributed by atoms with Crippen molar-refractivity contribution in [3.8, 4) is 0 Å². The summed E-state index contributed by atoms with van der Waals surface area (Å²) in [5.74, 6) is 1.22. The van der Waals surface area contributed by atoms with Crippen molar-refractivity contribution in [2.75, 3.05) is 0 Å². The van der Waals surface area contributed by atoms with Crippen molar-refractivity contribution >= 4 is 11.8 Å². The second-order valence-electron chi connectivity index (χ2n) is 5.67. The highest BCUT2D eigenvalue weighted by atomic mass is 32.2. The minimum atomic E-state index is -0.230. The summed E-state index contributed by atoms with van der Waals surface area (Å²) in [7, 11) is 0. The number of nitrogens with zero attached hydrogens (tertiary/aromatic N) is 2. The molecule has 0 aliphatic rings. The normalized spacial score (nSPS) is 12.5. The van der Waals surface area contributed by atoms with Gasteiger partial charge in [0.15, 0.2) is 0 Å². The van der Waals surface area contributed by atoms with E-state index < -0.39 is 0 Å². The number of benzene rings is 1. The molecule has 1 unspecified atom stereocenters. The zero-order valence-corrected chi connectivity index (χ0v) is 13.8. The van der Waals surface area contributed by atoms with Gasteiger partial charge in [-0.1, -0.05) is 31.7 Å². The fourth-order valence-electron chi connectivity index (χ4n) is 2.66. The first-order chi connectivity index (χ1) is 11.1. The third kappa shape index (κ3) is 3.62. The van der Waals surface area contributed by atoms with Crippen LogP contribution in [-0.4, -0.2) is 15.0 Å². The van der Waals surface area contributed by atoms with Gasteiger partial charge in [0.1, 0.15) is 11.6 Å². The Morgan fingerprint density at radius 3 is 2.74 bits per heavy atom. The smallest absolute Gasteiger partial charge is 0.124 e. The van der Waals surface area contributed by atoms with Gasteiger partial charge in [-0.3, -0.25) is 4.98 Å². The molecule has 0 radical (unpaired) electrons. The molecule has 0 saturated carbocycles. The number of hydrogen-bond donors (Lipinski definition) is 1. The monoisotopic (exact) mass is 327 g/mol. The summed E-state index contributed by atoms with van der Waals surface area (Å²) >= 11 is 1.53. The van der Waals surface area contributed by atoms with Crippen LogP contribution in [0.25, 0.3) is 0 Å². The van der Waals surface area contributed by atoms with E-state index in [4.69, 9.17) is 0 Å². The Kier molecular flexibility index (Phi) is 4.76. The third-order valence-electron chi connectivity index (χ3n) is 3.66. The predicted octanol–water partition coefficient (Wildman–Crippen LogP) is 4.88. The molecule has 5 heteroatoms. The molecule has 0 aliphatic carbocycles. The number of rotatable bonds is 5. The molecule has 0 aliphatic heterocycles. The van der Waals surface area contributed by atoms with Gasteiger partial charge in [-0.25, -0.2) is 9.37 Å². The maximum Gasteiger partial charge on any atom is 0.124 e. The number of pyridine rings is 1. The molecule has 1 aromatic carbocycles. The highest BCUT2D eigenvalue weighted by Gasteiger charge is 2.23. The molecule has 1 atom stereocenters. The number of aromatic nitrogens is 3. The first-order valence-corrected chi connectivity index (χ1v) is 8.33. The lowest BCUT2D eigenvalue weighted by Crippen LogP contribution is -2.11. The van der Waals surface area contributed by atoms with E-state index in [-0.39, 0.29) is 11.7 Å². The number of halogens is 1. The molecular weight excluding hydrogens is 309 g/mol. The SMILES string of the molecule is CC(C)C(c1ncc[nH]1)c1ccncc1Sc1cccc(F)c1. The van der Waals surface area contributed by atoms with Crippen molar-refractivity contribution in [1.29, 1.82) is 0 Å². The Labute approximate surface area is 139 Å². The van der Waals surface area contributed by atoms with E-state index in [0.29, 0.717) is 5.92 Å². The van der Waals surface area contributed by atoms with Gasteiger partial charge in [0, 0.05) is 40.5 Å². The molecule has 3 nitrogen and oxygen atoms in total. The molecule has 0 fully saturated rings. The summed E-state index contributed by atoms with van der Waals surface area (Å²) in [6, 6.07) is 8.64. The van der Waals surface area contributed by atoms with Crippen molar-refractivity contribution in [3.63, 3.8) is 0 Å². The highest BCUT2D eigenvalue weighted by molar-refractivity contribution is 7.99. The van der Waals surface area contributed by atoms with Crippen LogP contribution >= 0.6 is 11.8 Å². The number of hydrogen-bond acceptors (Lipinski definition) is 3. The van der Waals surface area contributed by atoms with E-state index in [2.05, 4.69) is 28.8 Å². The van der Waals surface area contributed by atoms with Crippen molar-refractivity contribution in [2.45, 2.75) is 29.6 Å². The Hall–Kier alpha value is -2.14. The summed E-state index contributed by atoms with van der Waals surface area (Å²) < 4.78 is 13.4. The van der Waals surface area contributed by atoms with Gasteiger partial charge in [-0.15, -0.1) is 0 Å². The topological polar surface area (TPSA) is 41.6 Å². The Morgan fingerprint density at radius 2 is 2.04 bits per heavy atom. The van der Waals surface area contributed by atoms with Crippen LogP contribution in [-0.2, 0) is 0 Å². The first kappa shape index (κ1) is 15.7. The van der Waals surface area contributed by atoms with E-state index in [9.17, 15) is 4.39 Å². The lowest BCUT2D eigenvalue weighted by Gasteiger charge is -2.21. The second-order valence-corrected chi connectivity index (χ2v) is 6.78. The molecule has 3 rings (SSSR count). The van der Waals surface area contributed by atoms with Gasteiger partial charge in [-0.2, -0.15) is 0 Å². The van der Waals surface area contributed by atoms with Gasteiger partial charge in [0.2, 0.25) is 0 Å². The van der Waals surface area contributed by atoms with Gasteiger partial charge in [-0.05, 0) is 35.7 Å². The molecule has 2 aromatic heterocycles. The second kappa shape index (κ2) is 6.96. The quantitative estimate of drug-likeness (QED) is 0.726. The Balaban J connectivity index is 1.99. The third-order valence-corrected chi connectivity index (χ3v) is 4.71. The minimum Gasteiger partial charge on any atom is -0.348 e. The van der Waals surface area contributed by atoms with E-state index >= 15 is 0 Å². The van der Waals surface area contributed by atoms with E-state index in [1.807, 2.05) is 24.5 Å². The molecule has 0 bridgehead atoms. The van der Waals surface area contributed by atoms with Crippen LogP contribution in [0, 0.1) is 11.7 Å². The molecule has 0 spiro atoms. The van der Waals surface area contributed by atoms with Gasteiger partial charge >= 0.3 is 0 Å². The van der Waals surface area contributed by atoms with Crippen LogP contribution in [0.2, 0.25) is 0 Å². The average molecular weight is 327 g/mol. The summed E-state index contributed by atoms with van der Waals surface area (Å²) in [5, 5.41) is 0. The maximum absolute atomic E-state index is 13.4. The molecule has 3 aromatic rings. The number of imidazole rings is 1. The van der Waals surface area contributed by atoms with Crippen molar-refractivity contribution in [1.82, 2.24) is 15.0 Å². The predicted molar refractivity (Wildman–Crippen MR) is 90.0 cm³/mol. The maximum atomic E-state index is 13.4. The van der Waals surface area contributed by atoms with Crippen molar-refractivity contribution in [2.24, 2.45) is 5.92 Å². The summed E-state index contributed by atoms with van der Waals surface area (Å²) in [5.41, 5.74) is 1.15. The molecule has 2 heterocycles. The van der Waals surface area contributed by atoms with Crippen LogP contribution in [0.3, 0.4) is 0 Å². The minimum absolute atomic E-state index is 0.143. The fourth-order valence-corrected chi connectivity index (χ4v) is 3.66. The van der Waals surface area contributed by atoms with Crippen LogP contribution in [0.5, 0.6) is 0 Å². The summed E-state index contributed by atoms with van der Waals surface area (Å²) in [4.78, 5) is 13.8. The Morgan fingerprint density at radius 1 is 1.17 bits per heavy atom. The van der Waals surface area contributed by atoms with Crippen molar-refractivity contribution < 1.29 is 4.39 Å². The molecule has 0 saturated heterocycles. The number of nitrogens with one attached hydrogen (secondary N) is 1. The highest BCUT2D eigenvalue weighted by Crippen LogP contribution is 2.38.